The number of hydrazone groups is 1. The zero-order valence-electron chi connectivity index (χ0n) is 15.3. The number of amides is 2. The molecule has 0 saturated heterocycles. The summed E-state index contributed by atoms with van der Waals surface area (Å²) in [6.07, 6.45) is 0.0124. The fourth-order valence-electron chi connectivity index (χ4n) is 2.40. The lowest BCUT2D eigenvalue weighted by molar-refractivity contribution is -0.384. The highest BCUT2D eigenvalue weighted by molar-refractivity contribution is 6.33. The number of rotatable bonds is 7. The van der Waals surface area contributed by atoms with Gasteiger partial charge in [0.15, 0.2) is 0 Å². The van der Waals surface area contributed by atoms with Crippen molar-refractivity contribution in [2.75, 3.05) is 0 Å². The van der Waals surface area contributed by atoms with Gasteiger partial charge in [-0.25, -0.2) is 5.43 Å². The van der Waals surface area contributed by atoms with Crippen LogP contribution in [-0.2, 0) is 4.79 Å². The highest BCUT2D eigenvalue weighted by Gasteiger charge is 2.15. The first kappa shape index (κ1) is 21.0. The lowest BCUT2D eigenvalue weighted by atomic mass is 10.1. The maximum atomic E-state index is 12.1. The van der Waals surface area contributed by atoms with Gasteiger partial charge in [-0.1, -0.05) is 41.9 Å². The Balaban J connectivity index is 1.91. The maximum absolute atomic E-state index is 12.1. The quantitative estimate of drug-likeness (QED) is 0.418. The molecule has 0 aromatic heterocycles. The second-order valence-electron chi connectivity index (χ2n) is 6.09. The van der Waals surface area contributed by atoms with Crippen molar-refractivity contribution in [3.05, 3.63) is 74.8 Å². The molecule has 0 aliphatic carbocycles. The van der Waals surface area contributed by atoms with E-state index in [1.165, 1.54) is 12.1 Å². The molecule has 2 rings (SSSR count). The number of benzene rings is 2. The molecule has 0 fully saturated rings. The molecule has 2 aromatic rings. The SMILES string of the molecule is CC(CC(=O)N[C@@H](C)c1ccccc1)=NNC(=O)c1ccc([N+](=O)[O-])c(Cl)c1. The van der Waals surface area contributed by atoms with Crippen LogP contribution in [0.1, 0.15) is 42.2 Å². The minimum absolute atomic E-state index is 0.0124. The number of hydrogen-bond acceptors (Lipinski definition) is 5. The average Bonchev–Trinajstić information content (AvgIpc) is 2.66. The summed E-state index contributed by atoms with van der Waals surface area (Å²) in [5.74, 6) is -0.820. The Kier molecular flexibility index (Phi) is 7.22. The molecule has 0 saturated carbocycles. The summed E-state index contributed by atoms with van der Waals surface area (Å²) in [5.41, 5.74) is 3.52. The van der Waals surface area contributed by atoms with Gasteiger partial charge in [0.25, 0.3) is 11.6 Å². The smallest absolute Gasteiger partial charge is 0.287 e. The van der Waals surface area contributed by atoms with Crippen molar-refractivity contribution in [1.82, 2.24) is 10.7 Å². The van der Waals surface area contributed by atoms with E-state index in [1.54, 1.807) is 6.92 Å². The summed E-state index contributed by atoms with van der Waals surface area (Å²) >= 11 is 5.79. The fraction of sp³-hybridized carbons (Fsp3) is 0.211. The summed E-state index contributed by atoms with van der Waals surface area (Å²) in [4.78, 5) is 34.3. The number of nitrogens with zero attached hydrogens (tertiary/aromatic N) is 2. The minimum Gasteiger partial charge on any atom is -0.349 e. The first-order valence-corrected chi connectivity index (χ1v) is 8.77. The molecule has 0 heterocycles. The van der Waals surface area contributed by atoms with Gasteiger partial charge in [0.05, 0.1) is 17.4 Å². The number of nitro benzene ring substituents is 1. The van der Waals surface area contributed by atoms with Crippen LogP contribution in [0, 0.1) is 10.1 Å². The Bertz CT molecular complexity index is 915. The van der Waals surface area contributed by atoms with E-state index in [-0.39, 0.29) is 34.6 Å². The molecule has 1 atom stereocenters. The third kappa shape index (κ3) is 5.88. The molecule has 9 heteroatoms. The van der Waals surface area contributed by atoms with E-state index in [9.17, 15) is 19.7 Å². The second kappa shape index (κ2) is 9.61. The van der Waals surface area contributed by atoms with Gasteiger partial charge < -0.3 is 5.32 Å². The number of hydrogen-bond donors (Lipinski definition) is 2. The number of carbonyl (C=O) groups is 2. The lowest BCUT2D eigenvalue weighted by Crippen LogP contribution is -2.28. The normalized spacial score (nSPS) is 12.2. The van der Waals surface area contributed by atoms with Crippen molar-refractivity contribution in [2.24, 2.45) is 5.10 Å². The molecule has 0 spiro atoms. The standard InChI is InChI=1S/C19H19ClN4O4/c1-12(10-18(25)21-13(2)14-6-4-3-5-7-14)22-23-19(26)15-8-9-17(24(27)28)16(20)11-15/h3-9,11,13H,10H2,1-2H3,(H,21,25)(H,23,26)/t13-/m0/s1. The van der Waals surface area contributed by atoms with Gasteiger partial charge in [0, 0.05) is 17.3 Å². The average molecular weight is 403 g/mol. The van der Waals surface area contributed by atoms with Crippen molar-refractivity contribution < 1.29 is 14.5 Å². The highest BCUT2D eigenvalue weighted by Crippen LogP contribution is 2.24. The van der Waals surface area contributed by atoms with E-state index in [1.807, 2.05) is 37.3 Å². The third-order valence-corrected chi connectivity index (χ3v) is 4.15. The van der Waals surface area contributed by atoms with E-state index in [0.717, 1.165) is 11.6 Å². The van der Waals surface area contributed by atoms with E-state index in [2.05, 4.69) is 15.8 Å². The van der Waals surface area contributed by atoms with Crippen molar-refractivity contribution in [3.63, 3.8) is 0 Å². The molecule has 2 N–H and O–H groups in total. The van der Waals surface area contributed by atoms with E-state index in [0.29, 0.717) is 5.71 Å². The summed E-state index contributed by atoms with van der Waals surface area (Å²) < 4.78 is 0. The van der Waals surface area contributed by atoms with Crippen LogP contribution in [0.3, 0.4) is 0 Å². The van der Waals surface area contributed by atoms with Crippen molar-refractivity contribution in [2.45, 2.75) is 26.3 Å². The number of nitro groups is 1. The molecule has 8 nitrogen and oxygen atoms in total. The molecular formula is C19H19ClN4O4. The zero-order valence-corrected chi connectivity index (χ0v) is 16.1. The van der Waals surface area contributed by atoms with E-state index >= 15 is 0 Å². The van der Waals surface area contributed by atoms with Crippen molar-refractivity contribution in [1.29, 1.82) is 0 Å². The molecule has 0 unspecified atom stereocenters. The third-order valence-electron chi connectivity index (χ3n) is 3.85. The second-order valence-corrected chi connectivity index (χ2v) is 6.50. The first-order chi connectivity index (χ1) is 13.3. The monoisotopic (exact) mass is 402 g/mol. The number of nitrogens with one attached hydrogen (secondary N) is 2. The first-order valence-electron chi connectivity index (χ1n) is 8.39. The summed E-state index contributed by atoms with van der Waals surface area (Å²) in [6, 6.07) is 13.0. The predicted molar refractivity (Wildman–Crippen MR) is 106 cm³/mol. The lowest BCUT2D eigenvalue weighted by Gasteiger charge is -2.14. The molecule has 28 heavy (non-hydrogen) atoms. The molecule has 2 aromatic carbocycles. The van der Waals surface area contributed by atoms with Crippen LogP contribution < -0.4 is 10.7 Å². The van der Waals surface area contributed by atoms with E-state index < -0.39 is 10.8 Å². The fourth-order valence-corrected chi connectivity index (χ4v) is 2.65. The van der Waals surface area contributed by atoms with Gasteiger partial charge in [0.1, 0.15) is 5.02 Å². The zero-order chi connectivity index (χ0) is 20.7. The van der Waals surface area contributed by atoms with Crippen LogP contribution in [0.25, 0.3) is 0 Å². The van der Waals surface area contributed by atoms with Crippen molar-refractivity contribution >= 4 is 34.8 Å². The largest absolute Gasteiger partial charge is 0.349 e. The van der Waals surface area contributed by atoms with E-state index in [4.69, 9.17) is 11.6 Å². The number of halogens is 1. The van der Waals surface area contributed by atoms with Gasteiger partial charge in [-0.2, -0.15) is 5.10 Å². The summed E-state index contributed by atoms with van der Waals surface area (Å²) in [6.45, 7) is 3.48. The molecule has 0 radical (unpaired) electrons. The van der Waals surface area contributed by atoms with Crippen molar-refractivity contribution in [3.8, 4) is 0 Å². The van der Waals surface area contributed by atoms with Crippen LogP contribution in [0.5, 0.6) is 0 Å². The Hall–Kier alpha value is -3.26. The van der Waals surface area contributed by atoms with Crippen LogP contribution in [0.2, 0.25) is 5.02 Å². The maximum Gasteiger partial charge on any atom is 0.287 e. The number of carbonyl (C=O) groups excluding carboxylic acids is 2. The van der Waals surface area contributed by atoms with Crippen LogP contribution in [-0.4, -0.2) is 22.4 Å². The van der Waals surface area contributed by atoms with Gasteiger partial charge >= 0.3 is 0 Å². The van der Waals surface area contributed by atoms with Crippen LogP contribution in [0.4, 0.5) is 5.69 Å². The Morgan fingerprint density at radius 2 is 1.89 bits per heavy atom. The molecule has 0 aliphatic rings. The Morgan fingerprint density at radius 1 is 1.21 bits per heavy atom. The predicted octanol–water partition coefficient (Wildman–Crippen LogP) is 3.62. The minimum atomic E-state index is -0.638. The van der Waals surface area contributed by atoms with Gasteiger partial charge in [-0.3, -0.25) is 19.7 Å². The van der Waals surface area contributed by atoms with Gasteiger partial charge in [0.2, 0.25) is 5.91 Å². The topological polar surface area (TPSA) is 114 Å². The molecule has 0 aliphatic heterocycles. The Labute approximate surface area is 166 Å². The van der Waals surface area contributed by atoms with Crippen LogP contribution in [0.15, 0.2) is 53.6 Å². The molecule has 0 bridgehead atoms. The van der Waals surface area contributed by atoms with Gasteiger partial charge in [-0.05, 0) is 31.5 Å². The molecule has 2 amide bonds. The highest BCUT2D eigenvalue weighted by atomic mass is 35.5. The molecule has 146 valence electrons. The van der Waals surface area contributed by atoms with Crippen LogP contribution >= 0.6 is 11.6 Å². The Morgan fingerprint density at radius 3 is 2.50 bits per heavy atom. The summed E-state index contributed by atoms with van der Waals surface area (Å²) in [5, 5.41) is 17.3. The summed E-state index contributed by atoms with van der Waals surface area (Å²) in [7, 11) is 0. The van der Waals surface area contributed by atoms with Gasteiger partial charge in [-0.15, -0.1) is 0 Å². The molecular weight excluding hydrogens is 384 g/mol.